The molecule has 3 unspecified atom stereocenters. The van der Waals surface area contributed by atoms with E-state index >= 15 is 0 Å². The Morgan fingerprint density at radius 2 is 0.869 bits per heavy atom. The molecule has 0 saturated carbocycles. The van der Waals surface area contributed by atoms with Crippen LogP contribution in [0.15, 0.2) is 56.1 Å². The third-order valence-corrected chi connectivity index (χ3v) is 18.6. The zero-order chi connectivity index (χ0) is 67.7. The molecule has 0 radical (unpaired) electrons. The summed E-state index contributed by atoms with van der Waals surface area (Å²) >= 11 is 9.11. The predicted molar refractivity (Wildman–Crippen MR) is 261 cm³/mol. The number of nitrogens with zero attached hydrogens (tertiary/aromatic N) is 2. The lowest BCUT2D eigenvalue weighted by atomic mass is 9.97. The van der Waals surface area contributed by atoms with Gasteiger partial charge in [-0.1, -0.05) is 20.8 Å². The van der Waals surface area contributed by atoms with Gasteiger partial charge in [0.25, 0.3) is 47.4 Å². The van der Waals surface area contributed by atoms with Gasteiger partial charge in [0.2, 0.25) is 0 Å². The zero-order valence-electron chi connectivity index (χ0n) is 43.6. The van der Waals surface area contributed by atoms with Crippen molar-refractivity contribution in [3.63, 3.8) is 0 Å². The first-order chi connectivity index (χ1) is 37.0. The highest BCUT2D eigenvalue weighted by Gasteiger charge is 2.53. The van der Waals surface area contributed by atoms with Crippen molar-refractivity contribution >= 4 is 66.1 Å². The molecule has 0 rings (SSSR count). The first-order valence-electron chi connectivity index (χ1n) is 22.7. The van der Waals surface area contributed by atoms with E-state index in [9.17, 15) is 145 Å². The highest BCUT2D eigenvalue weighted by molar-refractivity contribution is 8.64. The lowest BCUT2D eigenvalue weighted by Crippen LogP contribution is -2.37. The number of nitrogens with two attached hydrogens (primary N) is 1. The minimum atomic E-state index is -6.07. The Balaban J connectivity index is -0.00000179. The number of aliphatic imine (C=N–C) groups is 2. The van der Waals surface area contributed by atoms with Crippen LogP contribution in [0.4, 0.5) is 136 Å². The second kappa shape index (κ2) is 32.9. The quantitative estimate of drug-likeness (QED) is 0.0265. The Morgan fingerprint density at radius 3 is 1.14 bits per heavy atom. The summed E-state index contributed by atoms with van der Waals surface area (Å²) in [6, 6.07) is 0. The summed E-state index contributed by atoms with van der Waals surface area (Å²) in [4.78, 5) is 16.3. The number of alkyl halides is 27. The minimum Gasteiger partial charge on any atom is -0.620 e. The molecule has 0 amide bonds. The van der Waals surface area contributed by atoms with Crippen molar-refractivity contribution in [1.29, 1.82) is 0 Å². The van der Waals surface area contributed by atoms with Crippen molar-refractivity contribution in [2.24, 2.45) is 15.7 Å². The van der Waals surface area contributed by atoms with Crippen LogP contribution in [0.1, 0.15) is 92.9 Å². The lowest BCUT2D eigenvalue weighted by molar-refractivity contribution is -0.151. The molecule has 496 valence electrons. The Kier molecular flexibility index (Phi) is 33.6. The van der Waals surface area contributed by atoms with Crippen molar-refractivity contribution < 1.29 is 145 Å². The minimum absolute atomic E-state index is 0.0550. The van der Waals surface area contributed by atoms with Crippen LogP contribution in [0.3, 0.4) is 0 Å². The Morgan fingerprint density at radius 1 is 0.548 bits per heavy atom. The van der Waals surface area contributed by atoms with E-state index in [1.165, 1.54) is 0 Å². The molecule has 0 aromatic rings. The summed E-state index contributed by atoms with van der Waals surface area (Å²) in [5.41, 5.74) is -8.08. The van der Waals surface area contributed by atoms with Crippen LogP contribution in [-0.4, -0.2) is 125 Å². The maximum absolute atomic E-state index is 14.7. The van der Waals surface area contributed by atoms with Gasteiger partial charge in [-0.25, -0.2) is 43.9 Å². The molecule has 84 heavy (non-hydrogen) atoms. The lowest BCUT2D eigenvalue weighted by Gasteiger charge is -2.25. The molecule has 0 aromatic carbocycles. The van der Waals surface area contributed by atoms with Gasteiger partial charge in [0.1, 0.15) is 22.6 Å². The summed E-state index contributed by atoms with van der Waals surface area (Å²) < 4.78 is 431. The second-order valence-corrected chi connectivity index (χ2v) is 29.5. The molecule has 0 spiro atoms. The van der Waals surface area contributed by atoms with Crippen molar-refractivity contribution in [2.75, 3.05) is 37.7 Å². The fourth-order valence-electron chi connectivity index (χ4n) is 5.51. The standard InChI is InChI=1S/C28H33F20N2OPS2.C12H11F11.C2H6NOPS2/c1-5-23(35,36)19(29)15(27(43,44)45)11-17(25(39,40)13-21(3,31)32)49-7-9-52-54(51,53)10-8-50-18(26(41,42)14-22(4,33)34)12-16(28(46,47)48)20(30)24(37,38)6-2;1-3-10(17,18)8(14)6(12(21,22)23)4-7(13)11(19,20)5-9(2,15)16;3-1-2-5(4)7-6/h52H,5-14H2,1-4H3;4H,3,5H2,1-2H3;1-3H2. The van der Waals surface area contributed by atoms with Gasteiger partial charge in [-0.05, 0) is 52.0 Å². The van der Waals surface area contributed by atoms with E-state index in [4.69, 9.17) is 16.9 Å². The van der Waals surface area contributed by atoms with Crippen LogP contribution in [0.2, 0.25) is 0 Å². The second-order valence-electron chi connectivity index (χ2n) is 17.5. The molecule has 0 fully saturated rings. The molecular formula is C42H50F31N3O2P2S4. The molecule has 2 N–H and O–H groups in total. The molecule has 0 saturated heterocycles. The van der Waals surface area contributed by atoms with Gasteiger partial charge in [-0.2, -0.15) is 92.2 Å². The summed E-state index contributed by atoms with van der Waals surface area (Å²) in [5, 5.41) is 0. The smallest absolute Gasteiger partial charge is 0.419 e. The van der Waals surface area contributed by atoms with E-state index in [-0.39, 0.29) is 20.8 Å². The maximum atomic E-state index is 14.7. The highest BCUT2D eigenvalue weighted by atomic mass is 33.1. The van der Waals surface area contributed by atoms with E-state index in [1.54, 1.807) is 0 Å². The number of rotatable bonds is 29. The predicted octanol–water partition coefficient (Wildman–Crippen LogP) is 17.5. The topological polar surface area (TPSA) is 90.9 Å². The van der Waals surface area contributed by atoms with Gasteiger partial charge in [0.05, 0.1) is 53.9 Å². The van der Waals surface area contributed by atoms with E-state index in [1.807, 2.05) is 0 Å². The average molecular weight is 1410 g/mol. The molecule has 0 aliphatic carbocycles. The summed E-state index contributed by atoms with van der Waals surface area (Å²) in [7, 11) is -4.19. The van der Waals surface area contributed by atoms with Crippen LogP contribution in [-0.2, 0) is 40.0 Å². The SMILES string of the molecule is CCC(F)(F)C(F)=C(C=C(F)C(F)(F)CC(C)(F)F)C(F)(F)F.CCC(F)(F)C(F)=C(CC(=NCCPS(=O)(=S)CCN=C(CC(=C(F)C(F)(F)CC)C(F)(F)F)C(F)(F)CC(C)(F)F)C(F)(F)CC(C)(F)F)C(F)(F)F.NCC[P+]([O-])=S=S. The fourth-order valence-corrected chi connectivity index (χ4v) is 10.9. The third-order valence-electron chi connectivity index (χ3n) is 9.60. The monoisotopic (exact) mass is 1410 g/mol. The number of halogens is 31. The van der Waals surface area contributed by atoms with Crippen LogP contribution < -0.4 is 10.6 Å². The number of hydrogen-bond donors (Lipinski definition) is 1. The molecule has 0 bridgehead atoms. The van der Waals surface area contributed by atoms with Gasteiger partial charge in [-0.3, -0.25) is 14.2 Å². The van der Waals surface area contributed by atoms with Crippen LogP contribution in [0.25, 0.3) is 0 Å². The Bertz CT molecular complexity index is 2500. The van der Waals surface area contributed by atoms with Gasteiger partial charge in [0.15, 0.2) is 23.3 Å². The van der Waals surface area contributed by atoms with Crippen molar-refractivity contribution in [2.45, 2.75) is 165 Å². The molecule has 0 aliphatic heterocycles. The summed E-state index contributed by atoms with van der Waals surface area (Å²) in [6.07, 6.45) is -36.7. The molecule has 42 heteroatoms. The van der Waals surface area contributed by atoms with Gasteiger partial charge < -0.3 is 10.6 Å². The number of hydrogen-bond acceptors (Lipinski definition) is 7. The summed E-state index contributed by atoms with van der Waals surface area (Å²) in [6.45, 7) is -1.83. The van der Waals surface area contributed by atoms with Gasteiger partial charge in [0, 0.05) is 70.2 Å². The molecule has 3 atom stereocenters. The zero-order valence-corrected chi connectivity index (χ0v) is 48.7. The van der Waals surface area contributed by atoms with E-state index in [2.05, 4.69) is 21.2 Å². The largest absolute Gasteiger partial charge is 0.620 e. The molecule has 5 nitrogen and oxygen atoms in total. The van der Waals surface area contributed by atoms with Crippen LogP contribution >= 0.6 is 14.7 Å². The van der Waals surface area contributed by atoms with Crippen molar-refractivity contribution in [1.82, 2.24) is 0 Å². The van der Waals surface area contributed by atoms with E-state index < -0.39 is 229 Å². The molecule has 0 aromatic heterocycles. The van der Waals surface area contributed by atoms with Crippen molar-refractivity contribution in [3.05, 3.63) is 46.1 Å². The Labute approximate surface area is 474 Å². The van der Waals surface area contributed by atoms with Crippen LogP contribution in [0, 0.1) is 0 Å². The van der Waals surface area contributed by atoms with E-state index in [0.717, 1.165) is 9.50 Å². The first kappa shape index (κ1) is 85.8. The number of allylic oxidation sites excluding steroid dienone is 8. The highest BCUT2D eigenvalue weighted by Crippen LogP contribution is 2.46. The van der Waals surface area contributed by atoms with Gasteiger partial charge >= 0.3 is 24.5 Å². The average Bonchev–Trinajstić information content (AvgIpc) is 3.27. The molecule has 0 aliphatic rings. The molecule has 0 heterocycles. The van der Waals surface area contributed by atoms with E-state index in [0.29, 0.717) is 33.5 Å². The Hall–Kier alpha value is -2.41. The summed E-state index contributed by atoms with van der Waals surface area (Å²) in [5.74, 6) is -56.1. The van der Waals surface area contributed by atoms with Gasteiger partial charge in [-0.15, -0.1) is 0 Å². The first-order valence-corrected chi connectivity index (χ1v) is 31.0. The molecular weight excluding hydrogens is 1360 g/mol. The van der Waals surface area contributed by atoms with Crippen LogP contribution in [0.5, 0.6) is 0 Å². The van der Waals surface area contributed by atoms with Crippen molar-refractivity contribution in [3.8, 4) is 0 Å². The third kappa shape index (κ3) is 32.7. The maximum Gasteiger partial charge on any atom is 0.419 e. The normalized spacial score (nSPS) is 16.7. The fraction of sp³-hybridized carbons (Fsp3) is 0.762.